The van der Waals surface area contributed by atoms with E-state index in [9.17, 15) is 9.59 Å². The molecule has 0 fully saturated rings. The van der Waals surface area contributed by atoms with Crippen LogP contribution in [0.25, 0.3) is 11.0 Å². The fourth-order valence-corrected chi connectivity index (χ4v) is 4.48. The molecule has 0 aliphatic carbocycles. The molecule has 0 atom stereocenters. The number of benzene rings is 3. The van der Waals surface area contributed by atoms with E-state index in [1.807, 2.05) is 55.5 Å². The number of rotatable bonds is 7. The van der Waals surface area contributed by atoms with Crippen molar-refractivity contribution in [2.45, 2.75) is 59.5 Å². The Labute approximate surface area is 212 Å². The lowest BCUT2D eigenvalue weighted by Crippen LogP contribution is -2.36. The molecule has 0 bridgehead atoms. The van der Waals surface area contributed by atoms with Crippen molar-refractivity contribution in [2.24, 2.45) is 0 Å². The minimum absolute atomic E-state index is 0.115. The van der Waals surface area contributed by atoms with Gasteiger partial charge in [0.2, 0.25) is 0 Å². The largest absolute Gasteiger partial charge is 0.464 e. The zero-order valence-corrected chi connectivity index (χ0v) is 21.7. The molecule has 0 aliphatic heterocycles. The molecule has 0 aliphatic rings. The van der Waals surface area contributed by atoms with E-state index in [1.165, 1.54) is 6.26 Å². The number of anilines is 1. The quantitative estimate of drug-likeness (QED) is 0.295. The third-order valence-corrected chi connectivity index (χ3v) is 6.47. The summed E-state index contributed by atoms with van der Waals surface area (Å²) >= 11 is 0. The normalized spacial score (nSPS) is 11.3. The number of hydrogen-bond acceptors (Lipinski definition) is 3. The molecule has 0 spiro atoms. The highest BCUT2D eigenvalue weighted by Gasteiger charge is 2.22. The van der Waals surface area contributed by atoms with Crippen LogP contribution < -0.4 is 10.7 Å². The Kier molecular flexibility index (Phi) is 7.58. The summed E-state index contributed by atoms with van der Waals surface area (Å²) in [7, 11) is 0. The minimum atomic E-state index is -0.252. The molecule has 0 saturated heterocycles. The van der Waals surface area contributed by atoms with Crippen molar-refractivity contribution in [3.8, 4) is 0 Å². The number of urea groups is 1. The van der Waals surface area contributed by atoms with E-state index in [4.69, 9.17) is 4.42 Å². The van der Waals surface area contributed by atoms with Crippen molar-refractivity contribution in [3.05, 3.63) is 111 Å². The van der Waals surface area contributed by atoms with Gasteiger partial charge in [-0.1, -0.05) is 87.9 Å². The van der Waals surface area contributed by atoms with E-state index in [-0.39, 0.29) is 29.8 Å². The fraction of sp³-hybridized carbons (Fsp3) is 0.290. The minimum Gasteiger partial charge on any atom is -0.464 e. The van der Waals surface area contributed by atoms with Crippen LogP contribution in [0.4, 0.5) is 10.5 Å². The van der Waals surface area contributed by atoms with E-state index in [2.05, 4.69) is 45.1 Å². The molecule has 36 heavy (non-hydrogen) atoms. The topological polar surface area (TPSA) is 62.6 Å². The SMILES string of the molecule is Cc1ccc2occ(CN(Cc3ccccc3)C(=O)Nc3c(C(C)C)cccc3C(C)C)c(=O)c2c1. The van der Waals surface area contributed by atoms with Gasteiger partial charge < -0.3 is 14.6 Å². The number of aryl methyl sites for hydroxylation is 1. The molecule has 0 saturated carbocycles. The first-order valence-corrected chi connectivity index (χ1v) is 12.5. The molecule has 4 rings (SSSR count). The highest BCUT2D eigenvalue weighted by Crippen LogP contribution is 2.32. The average Bonchev–Trinajstić information content (AvgIpc) is 2.86. The maximum Gasteiger partial charge on any atom is 0.322 e. The maximum absolute atomic E-state index is 13.8. The van der Waals surface area contributed by atoms with Gasteiger partial charge in [0.1, 0.15) is 5.58 Å². The summed E-state index contributed by atoms with van der Waals surface area (Å²) in [5.74, 6) is 0.495. The van der Waals surface area contributed by atoms with Crippen LogP contribution in [0.2, 0.25) is 0 Å². The van der Waals surface area contributed by atoms with Gasteiger partial charge in [0.25, 0.3) is 0 Å². The van der Waals surface area contributed by atoms with Crippen LogP contribution in [-0.2, 0) is 13.1 Å². The Morgan fingerprint density at radius 2 is 1.56 bits per heavy atom. The van der Waals surface area contributed by atoms with Gasteiger partial charge in [-0.2, -0.15) is 0 Å². The Morgan fingerprint density at radius 3 is 2.19 bits per heavy atom. The molecule has 5 heteroatoms. The third kappa shape index (κ3) is 5.51. The molecule has 2 amide bonds. The number of nitrogens with zero attached hydrogens (tertiary/aromatic N) is 1. The van der Waals surface area contributed by atoms with Crippen molar-refractivity contribution in [1.29, 1.82) is 0 Å². The van der Waals surface area contributed by atoms with E-state index in [0.717, 1.165) is 27.9 Å². The van der Waals surface area contributed by atoms with Crippen LogP contribution in [0.1, 0.15) is 67.3 Å². The number of carbonyl (C=O) groups excluding carboxylic acids is 1. The van der Waals surface area contributed by atoms with E-state index in [1.54, 1.807) is 11.0 Å². The van der Waals surface area contributed by atoms with Crippen molar-refractivity contribution < 1.29 is 9.21 Å². The second-order valence-electron chi connectivity index (χ2n) is 9.98. The van der Waals surface area contributed by atoms with Crippen molar-refractivity contribution in [3.63, 3.8) is 0 Å². The highest BCUT2D eigenvalue weighted by atomic mass is 16.3. The summed E-state index contributed by atoms with van der Waals surface area (Å²) in [5, 5.41) is 3.73. The summed E-state index contributed by atoms with van der Waals surface area (Å²) < 4.78 is 5.77. The van der Waals surface area contributed by atoms with Crippen LogP contribution in [0.15, 0.2) is 82.2 Å². The first kappa shape index (κ1) is 25.2. The molecule has 1 heterocycles. The molecule has 5 nitrogen and oxygen atoms in total. The van der Waals surface area contributed by atoms with Gasteiger partial charge in [-0.05, 0) is 47.6 Å². The molecule has 4 aromatic rings. The third-order valence-electron chi connectivity index (χ3n) is 6.47. The highest BCUT2D eigenvalue weighted by molar-refractivity contribution is 5.91. The van der Waals surface area contributed by atoms with E-state index >= 15 is 0 Å². The molecule has 3 aromatic carbocycles. The number of amides is 2. The monoisotopic (exact) mass is 482 g/mol. The number of para-hydroxylation sites is 1. The second-order valence-corrected chi connectivity index (χ2v) is 9.98. The van der Waals surface area contributed by atoms with Gasteiger partial charge >= 0.3 is 6.03 Å². The Hall–Kier alpha value is -3.86. The standard InChI is InChI=1S/C31H34N2O3/c1-20(2)25-12-9-13-26(21(3)4)29(25)32-31(35)33(17-23-10-7-6-8-11-23)18-24-19-36-28-15-14-22(5)16-27(28)30(24)34/h6-16,19-21H,17-18H2,1-5H3,(H,32,35). The van der Waals surface area contributed by atoms with Crippen LogP contribution in [0.3, 0.4) is 0 Å². The average molecular weight is 483 g/mol. The molecule has 1 aromatic heterocycles. The predicted octanol–water partition coefficient (Wildman–Crippen LogP) is 7.58. The zero-order valence-electron chi connectivity index (χ0n) is 21.7. The molecular formula is C31H34N2O3. The molecular weight excluding hydrogens is 448 g/mol. The van der Waals surface area contributed by atoms with Crippen LogP contribution >= 0.6 is 0 Å². The fourth-order valence-electron chi connectivity index (χ4n) is 4.48. The lowest BCUT2D eigenvalue weighted by molar-refractivity contribution is 0.206. The lowest BCUT2D eigenvalue weighted by Gasteiger charge is -2.26. The summed E-state index contributed by atoms with van der Waals surface area (Å²) in [4.78, 5) is 28.8. The Morgan fingerprint density at radius 1 is 0.889 bits per heavy atom. The molecule has 186 valence electrons. The van der Waals surface area contributed by atoms with Crippen molar-refractivity contribution in [2.75, 3.05) is 5.32 Å². The van der Waals surface area contributed by atoms with Gasteiger partial charge in [0, 0.05) is 12.2 Å². The van der Waals surface area contributed by atoms with E-state index < -0.39 is 0 Å². The van der Waals surface area contributed by atoms with Crippen molar-refractivity contribution >= 4 is 22.7 Å². The number of fused-ring (bicyclic) bond motifs is 1. The number of hydrogen-bond donors (Lipinski definition) is 1. The van der Waals surface area contributed by atoms with Crippen LogP contribution in [0.5, 0.6) is 0 Å². The Bertz CT molecular complexity index is 1390. The molecule has 1 N–H and O–H groups in total. The predicted molar refractivity (Wildman–Crippen MR) is 147 cm³/mol. The van der Waals surface area contributed by atoms with Gasteiger partial charge in [-0.3, -0.25) is 4.79 Å². The first-order chi connectivity index (χ1) is 17.2. The summed E-state index contributed by atoms with van der Waals surface area (Å²) in [6.07, 6.45) is 1.48. The Balaban J connectivity index is 1.72. The van der Waals surface area contributed by atoms with E-state index in [0.29, 0.717) is 23.1 Å². The number of nitrogens with one attached hydrogen (secondary N) is 1. The van der Waals surface area contributed by atoms with Gasteiger partial charge in [0.15, 0.2) is 5.43 Å². The maximum atomic E-state index is 13.8. The van der Waals surface area contributed by atoms with Gasteiger partial charge in [-0.15, -0.1) is 0 Å². The molecule has 0 radical (unpaired) electrons. The summed E-state index contributed by atoms with van der Waals surface area (Å²) in [6.45, 7) is 10.9. The summed E-state index contributed by atoms with van der Waals surface area (Å²) in [6, 6.07) is 21.3. The summed E-state index contributed by atoms with van der Waals surface area (Å²) in [5.41, 5.74) is 5.88. The second kappa shape index (κ2) is 10.8. The number of carbonyl (C=O) groups is 1. The molecule has 0 unspecified atom stereocenters. The van der Waals surface area contributed by atoms with Gasteiger partial charge in [0.05, 0.1) is 23.8 Å². The zero-order chi connectivity index (χ0) is 25.8. The van der Waals surface area contributed by atoms with Crippen LogP contribution in [-0.4, -0.2) is 10.9 Å². The van der Waals surface area contributed by atoms with Gasteiger partial charge in [-0.25, -0.2) is 4.79 Å². The van der Waals surface area contributed by atoms with Crippen molar-refractivity contribution in [1.82, 2.24) is 4.90 Å². The lowest BCUT2D eigenvalue weighted by atomic mass is 9.93. The first-order valence-electron chi connectivity index (χ1n) is 12.5. The smallest absolute Gasteiger partial charge is 0.322 e. The van der Waals surface area contributed by atoms with Crippen LogP contribution in [0, 0.1) is 6.92 Å².